The second kappa shape index (κ2) is 6.49. The molecule has 0 saturated carbocycles. The minimum absolute atomic E-state index is 0.193. The van der Waals surface area contributed by atoms with Gasteiger partial charge in [0.2, 0.25) is 10.0 Å². The highest BCUT2D eigenvalue weighted by atomic mass is 32.2. The number of hydrogen-bond donors (Lipinski definition) is 2. The Morgan fingerprint density at radius 2 is 1.92 bits per heavy atom. The van der Waals surface area contributed by atoms with E-state index in [0.717, 1.165) is 5.56 Å². The van der Waals surface area contributed by atoms with Gasteiger partial charge in [0, 0.05) is 11.6 Å². The van der Waals surface area contributed by atoms with E-state index in [1.54, 1.807) is 35.7 Å². The predicted molar refractivity (Wildman–Crippen MR) is 96.2 cm³/mol. The maximum absolute atomic E-state index is 12.2. The summed E-state index contributed by atoms with van der Waals surface area (Å²) in [6.07, 6.45) is 1.70. The van der Waals surface area contributed by atoms with E-state index in [0.29, 0.717) is 22.5 Å². The summed E-state index contributed by atoms with van der Waals surface area (Å²) in [5.74, 6) is -0.848. The fourth-order valence-electron chi connectivity index (χ4n) is 2.90. The number of amides is 2. The molecule has 9 heteroatoms. The lowest BCUT2D eigenvalue weighted by molar-refractivity contribution is 0.0849. The van der Waals surface area contributed by atoms with Crippen molar-refractivity contribution in [1.82, 2.24) is 10.9 Å². The molecule has 1 aliphatic rings. The quantitative estimate of drug-likeness (QED) is 0.791. The van der Waals surface area contributed by atoms with Crippen molar-refractivity contribution < 1.29 is 18.0 Å². The van der Waals surface area contributed by atoms with Gasteiger partial charge in [-0.15, -0.1) is 11.3 Å². The smallest absolute Gasteiger partial charge is 0.267 e. The van der Waals surface area contributed by atoms with Crippen molar-refractivity contribution in [2.45, 2.75) is 19.4 Å². The molecule has 25 heavy (non-hydrogen) atoms. The van der Waals surface area contributed by atoms with E-state index >= 15 is 0 Å². The Morgan fingerprint density at radius 3 is 2.56 bits per heavy atom. The van der Waals surface area contributed by atoms with Crippen LogP contribution >= 0.6 is 11.3 Å². The number of hydrogen-bond acceptors (Lipinski definition) is 5. The van der Waals surface area contributed by atoms with Gasteiger partial charge in [-0.3, -0.25) is 24.7 Å². The Kier molecular flexibility index (Phi) is 4.53. The fourth-order valence-corrected chi connectivity index (χ4v) is 4.79. The molecule has 2 N–H and O–H groups in total. The highest BCUT2D eigenvalue weighted by Gasteiger charge is 2.32. The molecule has 2 heterocycles. The van der Waals surface area contributed by atoms with Crippen molar-refractivity contribution in [2.75, 3.05) is 10.6 Å². The first kappa shape index (κ1) is 17.4. The van der Waals surface area contributed by atoms with Gasteiger partial charge in [-0.2, -0.15) is 0 Å². The molecule has 2 amide bonds. The molecule has 0 bridgehead atoms. The maximum Gasteiger partial charge on any atom is 0.279 e. The minimum Gasteiger partial charge on any atom is -0.267 e. The zero-order chi connectivity index (χ0) is 18.2. The number of rotatable bonds is 3. The summed E-state index contributed by atoms with van der Waals surface area (Å²) in [5.41, 5.74) is 6.46. The Bertz CT molecular complexity index is 923. The molecule has 1 aliphatic heterocycles. The van der Waals surface area contributed by atoms with E-state index in [1.165, 1.54) is 21.9 Å². The molecule has 0 fully saturated rings. The van der Waals surface area contributed by atoms with Crippen LogP contribution in [0.25, 0.3) is 0 Å². The zero-order valence-electron chi connectivity index (χ0n) is 13.6. The van der Waals surface area contributed by atoms with Gasteiger partial charge >= 0.3 is 0 Å². The van der Waals surface area contributed by atoms with Crippen LogP contribution in [0.1, 0.15) is 32.5 Å². The van der Waals surface area contributed by atoms with Crippen LogP contribution in [0.15, 0.2) is 35.7 Å². The lowest BCUT2D eigenvalue weighted by Crippen LogP contribution is -2.41. The monoisotopic (exact) mass is 379 g/mol. The Labute approximate surface area is 149 Å². The Morgan fingerprint density at radius 1 is 1.20 bits per heavy atom. The molecular weight excluding hydrogens is 362 g/mol. The summed E-state index contributed by atoms with van der Waals surface area (Å²) in [4.78, 5) is 24.6. The topological polar surface area (TPSA) is 95.6 Å². The summed E-state index contributed by atoms with van der Waals surface area (Å²) >= 11 is 1.27. The average molecular weight is 379 g/mol. The van der Waals surface area contributed by atoms with Gasteiger partial charge in [0.1, 0.15) is 0 Å². The number of nitrogens with one attached hydrogen (secondary N) is 2. The molecule has 0 aliphatic carbocycles. The third kappa shape index (κ3) is 3.52. The molecule has 2 aromatic rings. The van der Waals surface area contributed by atoms with Gasteiger partial charge in [-0.1, -0.05) is 6.07 Å². The number of hydrazine groups is 1. The standard InChI is InChI=1S/C16H17N3O4S2/c1-10-8-12-9-11(5-6-13(12)19(10)25(2,22)23)15(20)17-18-16(21)14-4-3-7-24-14/h3-7,9-10H,8H2,1-2H3,(H,17,20)(H,18,21)/t10-/m1/s1. The predicted octanol–water partition coefficient (Wildman–Crippen LogP) is 1.53. The van der Waals surface area contributed by atoms with Crippen molar-refractivity contribution >= 4 is 38.9 Å². The largest absolute Gasteiger partial charge is 0.279 e. The van der Waals surface area contributed by atoms with Crippen LogP contribution in [0.2, 0.25) is 0 Å². The molecule has 3 rings (SSSR count). The summed E-state index contributed by atoms with van der Waals surface area (Å²) in [7, 11) is -3.37. The van der Waals surface area contributed by atoms with Gasteiger partial charge in [-0.05, 0) is 48.6 Å². The van der Waals surface area contributed by atoms with Crippen LogP contribution in [0, 0.1) is 0 Å². The summed E-state index contributed by atoms with van der Waals surface area (Å²) in [5, 5.41) is 1.77. The number of sulfonamides is 1. The van der Waals surface area contributed by atoms with Crippen molar-refractivity contribution in [1.29, 1.82) is 0 Å². The normalized spacial score (nSPS) is 16.4. The summed E-state index contributed by atoms with van der Waals surface area (Å²) in [6, 6.07) is 8.03. The highest BCUT2D eigenvalue weighted by Crippen LogP contribution is 2.34. The maximum atomic E-state index is 12.2. The van der Waals surface area contributed by atoms with E-state index < -0.39 is 15.9 Å². The number of thiophene rings is 1. The SMILES string of the molecule is C[C@@H]1Cc2cc(C(=O)NNC(=O)c3cccs3)ccc2N1S(C)(=O)=O. The van der Waals surface area contributed by atoms with Gasteiger partial charge in [0.05, 0.1) is 16.8 Å². The molecule has 0 spiro atoms. The van der Waals surface area contributed by atoms with Gasteiger partial charge in [-0.25, -0.2) is 8.42 Å². The van der Waals surface area contributed by atoms with Gasteiger partial charge < -0.3 is 0 Å². The molecule has 0 saturated heterocycles. The lowest BCUT2D eigenvalue weighted by Gasteiger charge is -2.21. The number of carbonyl (C=O) groups is 2. The number of fused-ring (bicyclic) bond motifs is 1. The van der Waals surface area contributed by atoms with E-state index in [1.807, 2.05) is 6.92 Å². The Balaban J connectivity index is 1.73. The molecular formula is C16H17N3O4S2. The van der Waals surface area contributed by atoms with Gasteiger partial charge in [0.25, 0.3) is 11.8 Å². The van der Waals surface area contributed by atoms with E-state index in [4.69, 9.17) is 0 Å². The highest BCUT2D eigenvalue weighted by molar-refractivity contribution is 7.92. The number of nitrogens with zero attached hydrogens (tertiary/aromatic N) is 1. The molecule has 0 radical (unpaired) electrons. The molecule has 132 valence electrons. The van der Waals surface area contributed by atoms with Crippen molar-refractivity contribution in [3.05, 3.63) is 51.7 Å². The third-order valence-corrected chi connectivity index (χ3v) is 6.03. The lowest BCUT2D eigenvalue weighted by atomic mass is 10.1. The Hall–Kier alpha value is -2.39. The number of benzene rings is 1. The van der Waals surface area contributed by atoms with Crippen LogP contribution in [0.4, 0.5) is 5.69 Å². The minimum atomic E-state index is -3.37. The number of carbonyl (C=O) groups excluding carboxylic acids is 2. The van der Waals surface area contributed by atoms with Crippen LogP contribution in [-0.4, -0.2) is 32.5 Å². The van der Waals surface area contributed by atoms with Crippen LogP contribution < -0.4 is 15.2 Å². The van der Waals surface area contributed by atoms with Crippen LogP contribution in [0.3, 0.4) is 0 Å². The number of anilines is 1. The van der Waals surface area contributed by atoms with E-state index in [2.05, 4.69) is 10.9 Å². The zero-order valence-corrected chi connectivity index (χ0v) is 15.3. The fraction of sp³-hybridized carbons (Fsp3) is 0.250. The van der Waals surface area contributed by atoms with E-state index in [-0.39, 0.29) is 11.9 Å². The van der Waals surface area contributed by atoms with Crippen LogP contribution in [-0.2, 0) is 16.4 Å². The van der Waals surface area contributed by atoms with Crippen molar-refractivity contribution in [3.63, 3.8) is 0 Å². The second-order valence-electron chi connectivity index (χ2n) is 5.84. The van der Waals surface area contributed by atoms with E-state index in [9.17, 15) is 18.0 Å². The van der Waals surface area contributed by atoms with Crippen molar-refractivity contribution in [2.24, 2.45) is 0 Å². The first-order valence-electron chi connectivity index (χ1n) is 7.54. The van der Waals surface area contributed by atoms with Crippen LogP contribution in [0.5, 0.6) is 0 Å². The molecule has 1 aromatic heterocycles. The van der Waals surface area contributed by atoms with Gasteiger partial charge in [0.15, 0.2) is 0 Å². The third-order valence-electron chi connectivity index (χ3n) is 3.89. The summed E-state index contributed by atoms with van der Waals surface area (Å²) in [6.45, 7) is 1.82. The summed E-state index contributed by atoms with van der Waals surface area (Å²) < 4.78 is 25.2. The second-order valence-corrected chi connectivity index (χ2v) is 8.65. The first-order valence-corrected chi connectivity index (χ1v) is 10.3. The average Bonchev–Trinajstić information content (AvgIpc) is 3.17. The molecule has 1 atom stereocenters. The molecule has 7 nitrogen and oxygen atoms in total. The molecule has 0 unspecified atom stereocenters. The first-order chi connectivity index (χ1) is 11.8. The van der Waals surface area contributed by atoms with Crippen molar-refractivity contribution in [3.8, 4) is 0 Å². The molecule has 1 aromatic carbocycles.